The van der Waals surface area contributed by atoms with Crippen LogP contribution in [0.25, 0.3) is 0 Å². The predicted molar refractivity (Wildman–Crippen MR) is 75.1 cm³/mol. The smallest absolute Gasteiger partial charge is 0.328 e. The minimum atomic E-state index is -0.640. The van der Waals surface area contributed by atoms with Gasteiger partial charge in [0, 0.05) is 6.54 Å². The quantitative estimate of drug-likeness (QED) is 0.803. The second-order valence-corrected chi connectivity index (χ2v) is 4.82. The first-order chi connectivity index (χ1) is 9.63. The van der Waals surface area contributed by atoms with Crippen LogP contribution in [-0.2, 0) is 20.7 Å². The highest BCUT2D eigenvalue weighted by atomic mass is 16.5. The zero-order valence-corrected chi connectivity index (χ0v) is 11.8. The Morgan fingerprint density at radius 1 is 1.45 bits per heavy atom. The van der Waals surface area contributed by atoms with Gasteiger partial charge in [-0.15, -0.1) is 0 Å². The van der Waals surface area contributed by atoms with Crippen LogP contribution in [0.15, 0.2) is 24.3 Å². The van der Waals surface area contributed by atoms with Crippen molar-refractivity contribution in [3.63, 3.8) is 0 Å². The van der Waals surface area contributed by atoms with E-state index in [2.05, 4.69) is 10.6 Å². The predicted octanol–water partition coefficient (Wildman–Crippen LogP) is 0.941. The molecule has 108 valence electrons. The van der Waals surface area contributed by atoms with Crippen LogP contribution in [0, 0.1) is 0 Å². The monoisotopic (exact) mass is 276 g/mol. The summed E-state index contributed by atoms with van der Waals surface area (Å²) in [5.41, 5.74) is 2.16. The molecule has 1 aromatic rings. The van der Waals surface area contributed by atoms with Crippen LogP contribution >= 0.6 is 0 Å². The van der Waals surface area contributed by atoms with Gasteiger partial charge in [-0.1, -0.05) is 24.3 Å². The number of hydrogen-bond acceptors (Lipinski definition) is 4. The number of hydrogen-bond donors (Lipinski definition) is 2. The minimum absolute atomic E-state index is 0.197. The molecule has 1 amide bonds. The van der Waals surface area contributed by atoms with Crippen molar-refractivity contribution in [3.8, 4) is 0 Å². The highest BCUT2D eigenvalue weighted by molar-refractivity contribution is 5.88. The molecule has 5 heteroatoms. The third-order valence-electron chi connectivity index (χ3n) is 3.37. The van der Waals surface area contributed by atoms with Gasteiger partial charge in [0.1, 0.15) is 12.1 Å². The normalized spacial score (nSPS) is 18.8. The first-order valence-corrected chi connectivity index (χ1v) is 6.91. The molecule has 0 bridgehead atoms. The summed E-state index contributed by atoms with van der Waals surface area (Å²) in [6.07, 6.45) is 0.910. The Kier molecular flexibility index (Phi) is 4.74. The van der Waals surface area contributed by atoms with Crippen LogP contribution in [0.3, 0.4) is 0 Å². The Morgan fingerprint density at radius 2 is 2.20 bits per heavy atom. The molecular formula is C15H20N2O3. The number of carbonyl (C=O) groups is 2. The Hall–Kier alpha value is -1.88. The molecule has 1 heterocycles. The summed E-state index contributed by atoms with van der Waals surface area (Å²) in [6, 6.07) is 6.82. The van der Waals surface area contributed by atoms with Crippen LogP contribution in [0.1, 0.15) is 31.0 Å². The number of carbonyl (C=O) groups excluding carboxylic acids is 2. The van der Waals surface area contributed by atoms with Crippen LogP contribution in [0.4, 0.5) is 0 Å². The Balaban J connectivity index is 2.05. The summed E-state index contributed by atoms with van der Waals surface area (Å²) in [5.74, 6) is -0.609. The van der Waals surface area contributed by atoms with Gasteiger partial charge in [-0.3, -0.25) is 4.79 Å². The first-order valence-electron chi connectivity index (χ1n) is 6.91. The van der Waals surface area contributed by atoms with E-state index in [0.29, 0.717) is 6.61 Å². The molecule has 0 fully saturated rings. The van der Waals surface area contributed by atoms with Gasteiger partial charge in [-0.25, -0.2) is 4.79 Å². The molecule has 1 aliphatic rings. The average molecular weight is 276 g/mol. The van der Waals surface area contributed by atoms with E-state index >= 15 is 0 Å². The topological polar surface area (TPSA) is 67.4 Å². The molecule has 0 spiro atoms. The van der Waals surface area contributed by atoms with Gasteiger partial charge in [-0.2, -0.15) is 0 Å². The van der Waals surface area contributed by atoms with Gasteiger partial charge in [0.15, 0.2) is 0 Å². The number of ether oxygens (including phenoxy) is 1. The van der Waals surface area contributed by atoms with Crippen molar-refractivity contribution in [2.75, 3.05) is 13.2 Å². The van der Waals surface area contributed by atoms with E-state index in [1.807, 2.05) is 24.3 Å². The lowest BCUT2D eigenvalue weighted by Crippen LogP contribution is -2.47. The lowest BCUT2D eigenvalue weighted by molar-refractivity contribution is -0.147. The van der Waals surface area contributed by atoms with Gasteiger partial charge in [0.25, 0.3) is 0 Å². The highest BCUT2D eigenvalue weighted by Gasteiger charge is 2.28. The molecule has 0 saturated heterocycles. The number of nitrogens with one attached hydrogen (secondary N) is 2. The summed E-state index contributed by atoms with van der Waals surface area (Å²) in [5, 5.41) is 5.89. The SMILES string of the molecule is CCOC(=O)C(C)NC(=O)C1NCCc2ccccc21. The molecule has 1 aliphatic heterocycles. The lowest BCUT2D eigenvalue weighted by atomic mass is 9.94. The highest BCUT2D eigenvalue weighted by Crippen LogP contribution is 2.22. The van der Waals surface area contributed by atoms with E-state index in [-0.39, 0.29) is 5.91 Å². The molecule has 2 unspecified atom stereocenters. The summed E-state index contributed by atoms with van der Waals surface area (Å²) < 4.78 is 4.89. The largest absolute Gasteiger partial charge is 0.464 e. The molecule has 0 aliphatic carbocycles. The van der Waals surface area contributed by atoms with Crippen LogP contribution < -0.4 is 10.6 Å². The van der Waals surface area contributed by atoms with Crippen LogP contribution in [0.2, 0.25) is 0 Å². The Morgan fingerprint density at radius 3 is 2.95 bits per heavy atom. The standard InChI is InChI=1S/C15H20N2O3/c1-3-20-15(19)10(2)17-14(18)13-12-7-5-4-6-11(12)8-9-16-13/h4-7,10,13,16H,3,8-9H2,1-2H3,(H,17,18). The van der Waals surface area contributed by atoms with Gasteiger partial charge in [-0.05, 0) is 31.4 Å². The summed E-state index contributed by atoms with van der Waals surface area (Å²) in [6.45, 7) is 4.43. The average Bonchev–Trinajstić information content (AvgIpc) is 2.46. The number of rotatable bonds is 4. The third kappa shape index (κ3) is 3.17. The number of fused-ring (bicyclic) bond motifs is 1. The van der Waals surface area contributed by atoms with E-state index in [9.17, 15) is 9.59 Å². The third-order valence-corrected chi connectivity index (χ3v) is 3.37. The lowest BCUT2D eigenvalue weighted by Gasteiger charge is -2.27. The zero-order chi connectivity index (χ0) is 14.5. The van der Waals surface area contributed by atoms with Gasteiger partial charge in [0.2, 0.25) is 5.91 Å². The van der Waals surface area contributed by atoms with E-state index in [0.717, 1.165) is 18.5 Å². The van der Waals surface area contributed by atoms with Crippen molar-refractivity contribution in [2.24, 2.45) is 0 Å². The van der Waals surface area contributed by atoms with E-state index in [4.69, 9.17) is 4.74 Å². The summed E-state index contributed by atoms with van der Waals surface area (Å²) in [4.78, 5) is 23.8. The molecule has 20 heavy (non-hydrogen) atoms. The number of benzene rings is 1. The van der Waals surface area contributed by atoms with Crippen molar-refractivity contribution < 1.29 is 14.3 Å². The molecule has 5 nitrogen and oxygen atoms in total. The van der Waals surface area contributed by atoms with Gasteiger partial charge in [0.05, 0.1) is 6.61 Å². The summed E-state index contributed by atoms with van der Waals surface area (Å²) in [7, 11) is 0. The van der Waals surface area contributed by atoms with E-state index in [1.54, 1.807) is 13.8 Å². The maximum absolute atomic E-state index is 12.3. The molecule has 2 atom stereocenters. The van der Waals surface area contributed by atoms with E-state index < -0.39 is 18.1 Å². The minimum Gasteiger partial charge on any atom is -0.464 e. The molecule has 0 saturated carbocycles. The first kappa shape index (κ1) is 14.5. The van der Waals surface area contributed by atoms with Crippen molar-refractivity contribution in [3.05, 3.63) is 35.4 Å². The second-order valence-electron chi connectivity index (χ2n) is 4.82. The van der Waals surface area contributed by atoms with E-state index in [1.165, 1.54) is 5.56 Å². The number of esters is 1. The molecule has 2 N–H and O–H groups in total. The fourth-order valence-electron chi connectivity index (χ4n) is 2.36. The van der Waals surface area contributed by atoms with Crippen LogP contribution in [-0.4, -0.2) is 31.1 Å². The summed E-state index contributed by atoms with van der Waals surface area (Å²) >= 11 is 0. The molecule has 1 aromatic carbocycles. The maximum atomic E-state index is 12.3. The number of amides is 1. The van der Waals surface area contributed by atoms with Gasteiger partial charge < -0.3 is 15.4 Å². The van der Waals surface area contributed by atoms with Crippen molar-refractivity contribution in [1.82, 2.24) is 10.6 Å². The molecule has 2 rings (SSSR count). The maximum Gasteiger partial charge on any atom is 0.328 e. The Labute approximate surface area is 118 Å². The second kappa shape index (κ2) is 6.52. The zero-order valence-electron chi connectivity index (χ0n) is 11.8. The molecule has 0 radical (unpaired) electrons. The van der Waals surface area contributed by atoms with Gasteiger partial charge >= 0.3 is 5.97 Å². The molecule has 0 aromatic heterocycles. The molecular weight excluding hydrogens is 256 g/mol. The van der Waals surface area contributed by atoms with Crippen molar-refractivity contribution >= 4 is 11.9 Å². The Bertz CT molecular complexity index is 502. The fraction of sp³-hybridized carbons (Fsp3) is 0.467. The van der Waals surface area contributed by atoms with Crippen LogP contribution in [0.5, 0.6) is 0 Å². The van der Waals surface area contributed by atoms with Crippen molar-refractivity contribution in [2.45, 2.75) is 32.4 Å². The van der Waals surface area contributed by atoms with Crippen molar-refractivity contribution in [1.29, 1.82) is 0 Å². The fourth-order valence-corrected chi connectivity index (χ4v) is 2.36.